The van der Waals surface area contributed by atoms with E-state index in [1.165, 1.54) is 11.6 Å². The van der Waals surface area contributed by atoms with Gasteiger partial charge in [0.05, 0.1) is 18.4 Å². The number of halogens is 1. The first-order valence-electron chi connectivity index (χ1n) is 12.4. The van der Waals surface area contributed by atoms with Crippen LogP contribution in [0, 0.1) is 24.6 Å². The Balaban J connectivity index is 1.52. The molecule has 0 N–H and O–H groups in total. The highest BCUT2D eigenvalue weighted by Crippen LogP contribution is 2.34. The lowest BCUT2D eigenvalue weighted by Gasteiger charge is -2.41. The Morgan fingerprint density at radius 2 is 1.85 bits per heavy atom. The van der Waals surface area contributed by atoms with E-state index in [1.807, 2.05) is 42.2 Å². The minimum Gasteiger partial charge on any atom is -0.466 e. The summed E-state index contributed by atoms with van der Waals surface area (Å²) in [4.78, 5) is 30.2. The van der Waals surface area contributed by atoms with Crippen molar-refractivity contribution in [3.05, 3.63) is 71.0 Å². The molecule has 0 spiro atoms. The monoisotopic (exact) mass is 466 g/mol. The van der Waals surface area contributed by atoms with Gasteiger partial charge in [0.25, 0.3) is 0 Å². The number of rotatable bonds is 6. The lowest BCUT2D eigenvalue weighted by molar-refractivity contribution is -0.152. The topological polar surface area (TPSA) is 49.9 Å². The molecule has 3 atom stereocenters. The number of ether oxygens (including phenoxy) is 1. The Morgan fingerprint density at radius 3 is 2.59 bits per heavy atom. The van der Waals surface area contributed by atoms with E-state index >= 15 is 0 Å². The summed E-state index contributed by atoms with van der Waals surface area (Å²) in [7, 11) is 0. The largest absolute Gasteiger partial charge is 0.466 e. The van der Waals surface area contributed by atoms with Crippen molar-refractivity contribution in [2.75, 3.05) is 32.8 Å². The van der Waals surface area contributed by atoms with Gasteiger partial charge in [-0.3, -0.25) is 14.5 Å². The third-order valence-electron chi connectivity index (χ3n) is 7.13. The fourth-order valence-corrected chi connectivity index (χ4v) is 5.39. The summed E-state index contributed by atoms with van der Waals surface area (Å²) in [5.74, 6) is -0.529. The molecule has 5 nitrogen and oxygen atoms in total. The van der Waals surface area contributed by atoms with Gasteiger partial charge in [-0.25, -0.2) is 4.39 Å². The standard InChI is InChI=1S/C28H35FN2O3/c1-3-34-28(33)23-10-7-13-31(19-23)27(32)25-15-24(22-11-12-26(29)20(2)14-22)17-30(18-25)16-21-8-5-4-6-9-21/h4-6,8-9,11-12,14,23-25H,3,7,10,13,15-19H2,1-2H3. The number of hydrogen-bond donors (Lipinski definition) is 0. The summed E-state index contributed by atoms with van der Waals surface area (Å²) in [5.41, 5.74) is 2.93. The van der Waals surface area contributed by atoms with Gasteiger partial charge in [0.2, 0.25) is 5.91 Å². The molecule has 2 aromatic carbocycles. The van der Waals surface area contributed by atoms with Gasteiger partial charge in [-0.05, 0) is 61.8 Å². The summed E-state index contributed by atoms with van der Waals surface area (Å²) in [6.45, 7) is 7.36. The molecular formula is C28H35FN2O3. The molecule has 0 aromatic heterocycles. The van der Waals surface area contributed by atoms with Gasteiger partial charge in [0.1, 0.15) is 5.82 Å². The average Bonchev–Trinajstić information content (AvgIpc) is 2.86. The van der Waals surface area contributed by atoms with Crippen LogP contribution in [-0.2, 0) is 20.9 Å². The van der Waals surface area contributed by atoms with Crippen LogP contribution in [0.5, 0.6) is 0 Å². The fraction of sp³-hybridized carbons (Fsp3) is 0.500. The average molecular weight is 467 g/mol. The summed E-state index contributed by atoms with van der Waals surface area (Å²) in [5, 5.41) is 0. The minimum atomic E-state index is -0.239. The number of carbonyl (C=O) groups is 2. The number of piperidine rings is 2. The van der Waals surface area contributed by atoms with Crippen molar-refractivity contribution in [1.82, 2.24) is 9.80 Å². The zero-order valence-corrected chi connectivity index (χ0v) is 20.2. The van der Waals surface area contributed by atoms with E-state index in [0.717, 1.165) is 37.9 Å². The minimum absolute atomic E-state index is 0.121. The quantitative estimate of drug-likeness (QED) is 0.587. The first-order valence-corrected chi connectivity index (χ1v) is 12.4. The normalized spacial score (nSPS) is 23.5. The van der Waals surface area contributed by atoms with Gasteiger partial charge in [0.15, 0.2) is 0 Å². The Kier molecular flexibility index (Phi) is 7.99. The van der Waals surface area contributed by atoms with Crippen LogP contribution in [0.25, 0.3) is 0 Å². The lowest BCUT2D eigenvalue weighted by atomic mass is 9.82. The predicted molar refractivity (Wildman–Crippen MR) is 130 cm³/mol. The third kappa shape index (κ3) is 5.84. The van der Waals surface area contributed by atoms with Crippen LogP contribution in [0.1, 0.15) is 48.8 Å². The molecule has 4 rings (SSSR count). The lowest BCUT2D eigenvalue weighted by Crippen LogP contribution is -2.50. The van der Waals surface area contributed by atoms with Crippen molar-refractivity contribution in [3.63, 3.8) is 0 Å². The molecule has 6 heteroatoms. The molecule has 0 aliphatic carbocycles. The van der Waals surface area contributed by atoms with E-state index in [0.29, 0.717) is 31.8 Å². The molecule has 34 heavy (non-hydrogen) atoms. The number of benzene rings is 2. The van der Waals surface area contributed by atoms with Crippen molar-refractivity contribution < 1.29 is 18.7 Å². The Labute approximate surface area is 201 Å². The molecule has 2 aliphatic heterocycles. The highest BCUT2D eigenvalue weighted by molar-refractivity contribution is 5.81. The fourth-order valence-electron chi connectivity index (χ4n) is 5.39. The zero-order chi connectivity index (χ0) is 24.1. The van der Waals surface area contributed by atoms with Crippen LogP contribution in [0.15, 0.2) is 48.5 Å². The smallest absolute Gasteiger partial charge is 0.310 e. The number of likely N-dealkylation sites (tertiary alicyclic amines) is 2. The SMILES string of the molecule is CCOC(=O)C1CCCN(C(=O)C2CC(c3ccc(F)c(C)c3)CN(Cc3ccccc3)C2)C1. The molecule has 0 bridgehead atoms. The van der Waals surface area contributed by atoms with Crippen molar-refractivity contribution in [2.45, 2.75) is 45.6 Å². The first kappa shape index (κ1) is 24.4. The number of hydrogen-bond acceptors (Lipinski definition) is 4. The summed E-state index contributed by atoms with van der Waals surface area (Å²) >= 11 is 0. The first-order chi connectivity index (χ1) is 16.4. The molecule has 0 saturated carbocycles. The third-order valence-corrected chi connectivity index (χ3v) is 7.13. The number of nitrogens with zero attached hydrogens (tertiary/aromatic N) is 2. The molecule has 0 radical (unpaired) electrons. The Bertz CT molecular complexity index is 996. The van der Waals surface area contributed by atoms with E-state index in [9.17, 15) is 14.0 Å². The van der Waals surface area contributed by atoms with Crippen molar-refractivity contribution in [1.29, 1.82) is 0 Å². The summed E-state index contributed by atoms with van der Waals surface area (Å²) in [6.07, 6.45) is 2.32. The van der Waals surface area contributed by atoms with Crippen LogP contribution in [0.2, 0.25) is 0 Å². The van der Waals surface area contributed by atoms with Crippen LogP contribution in [-0.4, -0.2) is 54.5 Å². The molecule has 2 aliphatic rings. The van der Waals surface area contributed by atoms with Crippen LogP contribution < -0.4 is 0 Å². The molecule has 2 saturated heterocycles. The number of amides is 1. The second-order valence-corrected chi connectivity index (χ2v) is 9.69. The molecule has 1 amide bonds. The van der Waals surface area contributed by atoms with E-state index < -0.39 is 0 Å². The van der Waals surface area contributed by atoms with E-state index in [4.69, 9.17) is 4.74 Å². The molecule has 2 aromatic rings. The molecule has 3 unspecified atom stereocenters. The highest BCUT2D eigenvalue weighted by Gasteiger charge is 2.37. The maximum atomic E-state index is 13.9. The summed E-state index contributed by atoms with van der Waals surface area (Å²) in [6, 6.07) is 15.6. The Morgan fingerprint density at radius 1 is 1.06 bits per heavy atom. The van der Waals surface area contributed by atoms with Gasteiger partial charge in [-0.1, -0.05) is 42.5 Å². The van der Waals surface area contributed by atoms with Crippen molar-refractivity contribution >= 4 is 11.9 Å². The van der Waals surface area contributed by atoms with Gasteiger partial charge in [-0.2, -0.15) is 0 Å². The van der Waals surface area contributed by atoms with E-state index in [1.54, 1.807) is 6.92 Å². The second-order valence-electron chi connectivity index (χ2n) is 9.69. The van der Waals surface area contributed by atoms with Crippen LogP contribution >= 0.6 is 0 Å². The maximum Gasteiger partial charge on any atom is 0.310 e. The highest BCUT2D eigenvalue weighted by atomic mass is 19.1. The van der Waals surface area contributed by atoms with Gasteiger partial charge < -0.3 is 9.64 Å². The number of carbonyl (C=O) groups excluding carboxylic acids is 2. The molecular weight excluding hydrogens is 431 g/mol. The predicted octanol–water partition coefficient (Wildman–Crippen LogP) is 4.54. The number of aryl methyl sites for hydroxylation is 1. The molecule has 2 fully saturated rings. The molecule has 2 heterocycles. The number of esters is 1. The van der Waals surface area contributed by atoms with E-state index in [2.05, 4.69) is 17.0 Å². The maximum absolute atomic E-state index is 13.9. The van der Waals surface area contributed by atoms with Gasteiger partial charge >= 0.3 is 5.97 Å². The van der Waals surface area contributed by atoms with E-state index in [-0.39, 0.29) is 35.4 Å². The van der Waals surface area contributed by atoms with Gasteiger partial charge in [-0.15, -0.1) is 0 Å². The summed E-state index contributed by atoms with van der Waals surface area (Å²) < 4.78 is 19.1. The molecule has 182 valence electrons. The van der Waals surface area contributed by atoms with Crippen molar-refractivity contribution in [3.8, 4) is 0 Å². The van der Waals surface area contributed by atoms with Crippen LogP contribution in [0.4, 0.5) is 4.39 Å². The van der Waals surface area contributed by atoms with Crippen LogP contribution in [0.3, 0.4) is 0 Å². The Hall–Kier alpha value is -2.73. The van der Waals surface area contributed by atoms with Gasteiger partial charge in [0, 0.05) is 32.7 Å². The van der Waals surface area contributed by atoms with Crippen molar-refractivity contribution in [2.24, 2.45) is 11.8 Å². The second kappa shape index (κ2) is 11.1. The zero-order valence-electron chi connectivity index (χ0n) is 20.2.